The lowest BCUT2D eigenvalue weighted by Gasteiger charge is -2.11. The van der Waals surface area contributed by atoms with Gasteiger partial charge in [0.15, 0.2) is 0 Å². The summed E-state index contributed by atoms with van der Waals surface area (Å²) in [7, 11) is 1.65. The number of amides is 1. The number of ether oxygens (including phenoxy) is 2. The highest BCUT2D eigenvalue weighted by Gasteiger charge is 2.14. The first-order chi connectivity index (χ1) is 19.4. The molecule has 8 nitrogen and oxygen atoms in total. The molecule has 0 spiro atoms. The van der Waals surface area contributed by atoms with Crippen LogP contribution in [-0.4, -0.2) is 40.6 Å². The number of benzene rings is 3. The Morgan fingerprint density at radius 2 is 1.82 bits per heavy atom. The normalized spacial score (nSPS) is 11.2. The van der Waals surface area contributed by atoms with E-state index in [4.69, 9.17) is 14.5 Å². The number of methoxy groups -OCH3 is 1. The molecule has 0 aliphatic carbocycles. The van der Waals surface area contributed by atoms with Crippen molar-refractivity contribution in [2.75, 3.05) is 13.7 Å². The van der Waals surface area contributed by atoms with Crippen molar-refractivity contribution >= 4 is 23.0 Å². The fraction of sp³-hybridized carbons (Fsp3) is 0.188. The van der Waals surface area contributed by atoms with E-state index in [9.17, 15) is 4.79 Å². The summed E-state index contributed by atoms with van der Waals surface area (Å²) in [6.07, 6.45) is 1.62. The van der Waals surface area contributed by atoms with Gasteiger partial charge in [0.05, 0.1) is 48.9 Å². The highest BCUT2D eigenvalue weighted by molar-refractivity contribution is 6.07. The van der Waals surface area contributed by atoms with Crippen molar-refractivity contribution in [1.29, 1.82) is 0 Å². The van der Waals surface area contributed by atoms with Gasteiger partial charge in [0, 0.05) is 22.2 Å². The van der Waals surface area contributed by atoms with E-state index in [2.05, 4.69) is 15.6 Å². The number of fused-ring (bicyclic) bond motifs is 1. The molecule has 2 heterocycles. The number of carbonyl (C=O) groups is 1. The van der Waals surface area contributed by atoms with Crippen molar-refractivity contribution in [2.24, 2.45) is 5.10 Å². The second kappa shape index (κ2) is 11.8. The van der Waals surface area contributed by atoms with E-state index in [1.54, 1.807) is 19.4 Å². The van der Waals surface area contributed by atoms with Crippen LogP contribution in [0.1, 0.15) is 39.8 Å². The van der Waals surface area contributed by atoms with Crippen molar-refractivity contribution in [2.45, 2.75) is 27.3 Å². The zero-order valence-corrected chi connectivity index (χ0v) is 23.0. The lowest BCUT2D eigenvalue weighted by molar-refractivity contribution is 0.0956. The van der Waals surface area contributed by atoms with Crippen LogP contribution in [-0.2, 0) is 6.54 Å². The van der Waals surface area contributed by atoms with Gasteiger partial charge in [-0.25, -0.2) is 10.4 Å². The van der Waals surface area contributed by atoms with Gasteiger partial charge in [-0.1, -0.05) is 18.2 Å². The number of hydrogen-bond acceptors (Lipinski definition) is 6. The van der Waals surface area contributed by atoms with E-state index in [0.29, 0.717) is 24.4 Å². The number of para-hydroxylation sites is 1. The van der Waals surface area contributed by atoms with Gasteiger partial charge in [0.2, 0.25) is 0 Å². The Morgan fingerprint density at radius 1 is 1.02 bits per heavy atom. The Balaban J connectivity index is 1.38. The van der Waals surface area contributed by atoms with Crippen molar-refractivity contribution < 1.29 is 14.3 Å². The third-order valence-electron chi connectivity index (χ3n) is 6.53. The van der Waals surface area contributed by atoms with Gasteiger partial charge in [-0.3, -0.25) is 9.48 Å². The molecular formula is C32H31N5O3. The van der Waals surface area contributed by atoms with Gasteiger partial charge >= 0.3 is 0 Å². The van der Waals surface area contributed by atoms with E-state index in [0.717, 1.165) is 50.5 Å². The molecule has 5 rings (SSSR count). The smallest absolute Gasteiger partial charge is 0.272 e. The lowest BCUT2D eigenvalue weighted by Crippen LogP contribution is -2.18. The minimum atomic E-state index is -0.321. The van der Waals surface area contributed by atoms with Crippen molar-refractivity contribution in [3.63, 3.8) is 0 Å². The van der Waals surface area contributed by atoms with Crippen LogP contribution in [0.5, 0.6) is 11.5 Å². The molecular weight excluding hydrogens is 502 g/mol. The van der Waals surface area contributed by atoms with Crippen LogP contribution in [0.25, 0.3) is 22.2 Å². The van der Waals surface area contributed by atoms with Crippen molar-refractivity contribution in [3.8, 4) is 22.8 Å². The fourth-order valence-corrected chi connectivity index (χ4v) is 4.62. The molecule has 0 saturated heterocycles. The summed E-state index contributed by atoms with van der Waals surface area (Å²) in [6.45, 7) is 7.10. The van der Waals surface area contributed by atoms with Crippen LogP contribution in [0.3, 0.4) is 0 Å². The molecule has 40 heavy (non-hydrogen) atoms. The number of aromatic nitrogens is 3. The minimum absolute atomic E-state index is 0.321. The molecule has 0 aliphatic heterocycles. The maximum atomic E-state index is 13.3. The van der Waals surface area contributed by atoms with Gasteiger partial charge in [0.25, 0.3) is 5.91 Å². The fourth-order valence-electron chi connectivity index (χ4n) is 4.62. The molecule has 0 atom stereocenters. The van der Waals surface area contributed by atoms with E-state index in [-0.39, 0.29) is 5.91 Å². The molecule has 1 N–H and O–H groups in total. The van der Waals surface area contributed by atoms with Gasteiger partial charge in [0.1, 0.15) is 11.5 Å². The second-order valence-corrected chi connectivity index (χ2v) is 9.38. The van der Waals surface area contributed by atoms with E-state index in [1.165, 1.54) is 0 Å². The summed E-state index contributed by atoms with van der Waals surface area (Å²) in [4.78, 5) is 18.1. The average Bonchev–Trinajstić information content (AvgIpc) is 3.29. The highest BCUT2D eigenvalue weighted by atomic mass is 16.5. The zero-order valence-electron chi connectivity index (χ0n) is 23.0. The molecule has 0 bridgehead atoms. The summed E-state index contributed by atoms with van der Waals surface area (Å²) in [5.74, 6) is 1.23. The van der Waals surface area contributed by atoms with Crippen LogP contribution in [0.15, 0.2) is 84.0 Å². The Morgan fingerprint density at radius 3 is 2.55 bits per heavy atom. The van der Waals surface area contributed by atoms with Crippen LogP contribution in [0, 0.1) is 13.8 Å². The van der Waals surface area contributed by atoms with E-state index < -0.39 is 0 Å². The first kappa shape index (κ1) is 26.6. The summed E-state index contributed by atoms with van der Waals surface area (Å²) < 4.78 is 13.0. The minimum Gasteiger partial charge on any atom is -0.496 e. The molecule has 5 aromatic rings. The number of carbonyl (C=O) groups excluding carboxylic acids is 1. The number of rotatable bonds is 9. The lowest BCUT2D eigenvalue weighted by atomic mass is 10.0. The number of hydrazone groups is 1. The second-order valence-electron chi connectivity index (χ2n) is 9.38. The predicted octanol–water partition coefficient (Wildman–Crippen LogP) is 5.93. The Labute approximate surface area is 233 Å². The monoisotopic (exact) mass is 533 g/mol. The summed E-state index contributed by atoms with van der Waals surface area (Å²) in [5, 5.41) is 9.57. The maximum Gasteiger partial charge on any atom is 0.272 e. The maximum absolute atomic E-state index is 13.3. The van der Waals surface area contributed by atoms with Crippen LogP contribution in [0.4, 0.5) is 0 Å². The molecule has 0 radical (unpaired) electrons. The third kappa shape index (κ3) is 5.86. The van der Waals surface area contributed by atoms with Crippen molar-refractivity contribution in [3.05, 3.63) is 107 Å². The molecule has 3 aromatic carbocycles. The van der Waals surface area contributed by atoms with Crippen LogP contribution < -0.4 is 14.9 Å². The van der Waals surface area contributed by atoms with Gasteiger partial charge in [-0.15, -0.1) is 0 Å². The Bertz CT molecular complexity index is 1690. The highest BCUT2D eigenvalue weighted by Crippen LogP contribution is 2.27. The molecule has 1 amide bonds. The van der Waals surface area contributed by atoms with E-state index >= 15 is 0 Å². The van der Waals surface area contributed by atoms with Gasteiger partial charge in [-0.05, 0) is 87.0 Å². The zero-order chi connectivity index (χ0) is 28.1. The van der Waals surface area contributed by atoms with E-state index in [1.807, 2.05) is 98.2 Å². The average molecular weight is 534 g/mol. The first-order valence-corrected chi connectivity index (χ1v) is 13.1. The quantitative estimate of drug-likeness (QED) is 0.187. The molecule has 0 fully saturated rings. The SMILES string of the molecule is CCOc1ccc(-c2cc(C(=O)N/N=C/c3ccc(OC)c(Cn4nc(C)cc4C)c3)c3ccccc3n2)cc1. The summed E-state index contributed by atoms with van der Waals surface area (Å²) in [6, 6.07) is 24.9. The number of aryl methyl sites for hydroxylation is 2. The standard InChI is InChI=1S/C32H31N5O3/c1-5-40-26-13-11-24(12-14-26)30-18-28(27-8-6-7-9-29(27)34-30)32(38)35-33-19-23-10-15-31(39-4)25(17-23)20-37-22(3)16-21(2)36-37/h6-19H,5,20H2,1-4H3,(H,35,38)/b33-19+. The summed E-state index contributed by atoms with van der Waals surface area (Å²) in [5.41, 5.74) is 9.31. The molecule has 0 unspecified atom stereocenters. The molecule has 202 valence electrons. The number of hydrogen-bond donors (Lipinski definition) is 1. The molecule has 2 aromatic heterocycles. The van der Waals surface area contributed by atoms with Crippen LogP contribution >= 0.6 is 0 Å². The molecule has 8 heteroatoms. The predicted molar refractivity (Wildman–Crippen MR) is 157 cm³/mol. The largest absolute Gasteiger partial charge is 0.496 e. The van der Waals surface area contributed by atoms with Crippen LogP contribution in [0.2, 0.25) is 0 Å². The number of pyridine rings is 1. The first-order valence-electron chi connectivity index (χ1n) is 13.1. The topological polar surface area (TPSA) is 90.6 Å². The van der Waals surface area contributed by atoms with Crippen molar-refractivity contribution in [1.82, 2.24) is 20.2 Å². The van der Waals surface area contributed by atoms with Gasteiger partial charge in [-0.2, -0.15) is 10.2 Å². The Hall–Kier alpha value is -4.98. The number of nitrogens with zero attached hydrogens (tertiary/aromatic N) is 4. The van der Waals surface area contributed by atoms with Gasteiger partial charge < -0.3 is 9.47 Å². The summed E-state index contributed by atoms with van der Waals surface area (Å²) >= 11 is 0. The molecule has 0 saturated carbocycles. The Kier molecular flexibility index (Phi) is 7.87. The molecule has 0 aliphatic rings. The number of nitrogens with one attached hydrogen (secondary N) is 1. The third-order valence-corrected chi connectivity index (χ3v) is 6.53.